The number of carbonyl (C=O) groups is 2. The smallest absolute Gasteiger partial charge is 0.106 e. The molecule has 0 saturated heterocycles. The Labute approximate surface area is 101 Å². The van der Waals surface area contributed by atoms with E-state index < -0.39 is 0 Å². The van der Waals surface area contributed by atoms with Gasteiger partial charge in [-0.1, -0.05) is 42.5 Å². The van der Waals surface area contributed by atoms with E-state index in [1.54, 1.807) is 0 Å². The zero-order valence-corrected chi connectivity index (χ0v) is 9.50. The SMILES string of the molecule is C=O.C=O.Nc1ccc(-c2ccccc2)cc1. The van der Waals surface area contributed by atoms with Gasteiger partial charge in [0.2, 0.25) is 0 Å². The van der Waals surface area contributed by atoms with Crippen LogP contribution in [0.5, 0.6) is 0 Å². The minimum absolute atomic E-state index is 0.805. The van der Waals surface area contributed by atoms with Gasteiger partial charge >= 0.3 is 0 Å². The zero-order chi connectivity index (χ0) is 13.1. The summed E-state index contributed by atoms with van der Waals surface area (Å²) < 4.78 is 0. The lowest BCUT2D eigenvalue weighted by atomic mass is 10.1. The molecule has 0 aliphatic carbocycles. The molecule has 0 radical (unpaired) electrons. The molecule has 0 heterocycles. The Morgan fingerprint density at radius 1 is 0.647 bits per heavy atom. The van der Waals surface area contributed by atoms with E-state index in [1.807, 2.05) is 56.0 Å². The molecule has 88 valence electrons. The molecule has 0 saturated carbocycles. The first-order valence-corrected chi connectivity index (χ1v) is 4.85. The summed E-state index contributed by atoms with van der Waals surface area (Å²) in [4.78, 5) is 16.0. The van der Waals surface area contributed by atoms with E-state index in [0.717, 1.165) is 5.69 Å². The summed E-state index contributed by atoms with van der Waals surface area (Å²) in [6.07, 6.45) is 0. The summed E-state index contributed by atoms with van der Waals surface area (Å²) in [7, 11) is 0. The highest BCUT2D eigenvalue weighted by Crippen LogP contribution is 2.19. The van der Waals surface area contributed by atoms with Gasteiger partial charge in [-0.2, -0.15) is 0 Å². The van der Waals surface area contributed by atoms with Crippen molar-refractivity contribution in [3.8, 4) is 11.1 Å². The molecule has 2 aromatic rings. The van der Waals surface area contributed by atoms with E-state index in [9.17, 15) is 0 Å². The first-order valence-electron chi connectivity index (χ1n) is 4.85. The highest BCUT2D eigenvalue weighted by molar-refractivity contribution is 5.65. The number of nitrogen functional groups attached to an aromatic ring is 1. The molecule has 2 aromatic carbocycles. The maximum absolute atomic E-state index is 8.00. The molecule has 0 spiro atoms. The van der Waals surface area contributed by atoms with E-state index in [1.165, 1.54) is 11.1 Å². The van der Waals surface area contributed by atoms with Crippen molar-refractivity contribution < 1.29 is 9.59 Å². The Hall–Kier alpha value is -2.42. The minimum Gasteiger partial charge on any atom is -0.399 e. The van der Waals surface area contributed by atoms with Crippen molar-refractivity contribution >= 4 is 19.3 Å². The number of carbonyl (C=O) groups excluding carboxylic acids is 2. The maximum Gasteiger partial charge on any atom is 0.106 e. The average molecular weight is 229 g/mol. The third-order valence-corrected chi connectivity index (χ3v) is 2.02. The fourth-order valence-corrected chi connectivity index (χ4v) is 1.31. The van der Waals surface area contributed by atoms with Crippen LogP contribution in [-0.2, 0) is 9.59 Å². The van der Waals surface area contributed by atoms with Crippen molar-refractivity contribution in [3.63, 3.8) is 0 Å². The molecule has 3 nitrogen and oxygen atoms in total. The summed E-state index contributed by atoms with van der Waals surface area (Å²) in [5.74, 6) is 0. The fraction of sp³-hybridized carbons (Fsp3) is 0. The highest BCUT2D eigenvalue weighted by atomic mass is 16.1. The van der Waals surface area contributed by atoms with Gasteiger partial charge in [-0.05, 0) is 23.3 Å². The summed E-state index contributed by atoms with van der Waals surface area (Å²) in [6.45, 7) is 4.00. The summed E-state index contributed by atoms with van der Waals surface area (Å²) in [6, 6.07) is 18.2. The van der Waals surface area contributed by atoms with Crippen LogP contribution in [0.3, 0.4) is 0 Å². The molecule has 0 fully saturated rings. The van der Waals surface area contributed by atoms with Gasteiger partial charge in [0, 0.05) is 5.69 Å². The van der Waals surface area contributed by atoms with Crippen LogP contribution in [0.2, 0.25) is 0 Å². The molecule has 0 unspecified atom stereocenters. The fourth-order valence-electron chi connectivity index (χ4n) is 1.31. The number of hydrogen-bond donors (Lipinski definition) is 1. The lowest BCUT2D eigenvalue weighted by molar-refractivity contribution is -0.0987. The second kappa shape index (κ2) is 8.85. The van der Waals surface area contributed by atoms with Gasteiger partial charge in [0.1, 0.15) is 13.6 Å². The molecule has 0 atom stereocenters. The van der Waals surface area contributed by atoms with Gasteiger partial charge in [0.05, 0.1) is 0 Å². The summed E-state index contributed by atoms with van der Waals surface area (Å²) in [5, 5.41) is 0. The van der Waals surface area contributed by atoms with Gasteiger partial charge in [-0.15, -0.1) is 0 Å². The van der Waals surface area contributed by atoms with E-state index in [2.05, 4.69) is 12.1 Å². The number of hydrogen-bond acceptors (Lipinski definition) is 3. The first-order chi connectivity index (χ1) is 8.36. The third-order valence-electron chi connectivity index (χ3n) is 2.02. The van der Waals surface area contributed by atoms with Crippen LogP contribution in [0.25, 0.3) is 11.1 Å². The summed E-state index contributed by atoms with van der Waals surface area (Å²) >= 11 is 0. The predicted octanol–water partition coefficient (Wildman–Crippen LogP) is 2.57. The lowest BCUT2D eigenvalue weighted by Crippen LogP contribution is -1.83. The molecule has 17 heavy (non-hydrogen) atoms. The molecular weight excluding hydrogens is 214 g/mol. The molecule has 0 aliphatic heterocycles. The zero-order valence-electron chi connectivity index (χ0n) is 9.50. The molecule has 0 amide bonds. The van der Waals surface area contributed by atoms with Crippen molar-refractivity contribution in [1.29, 1.82) is 0 Å². The quantitative estimate of drug-likeness (QED) is 0.764. The van der Waals surface area contributed by atoms with E-state index in [4.69, 9.17) is 15.3 Å². The van der Waals surface area contributed by atoms with Crippen LogP contribution < -0.4 is 5.73 Å². The largest absolute Gasteiger partial charge is 0.399 e. The van der Waals surface area contributed by atoms with Gasteiger partial charge < -0.3 is 15.3 Å². The second-order valence-corrected chi connectivity index (χ2v) is 2.99. The van der Waals surface area contributed by atoms with Crippen LogP contribution >= 0.6 is 0 Å². The Morgan fingerprint density at radius 3 is 1.53 bits per heavy atom. The van der Waals surface area contributed by atoms with Crippen molar-refractivity contribution in [1.82, 2.24) is 0 Å². The molecular formula is C14H15NO2. The Balaban J connectivity index is 0.000000581. The number of nitrogens with two attached hydrogens (primary N) is 1. The monoisotopic (exact) mass is 229 g/mol. The Morgan fingerprint density at radius 2 is 1.06 bits per heavy atom. The normalized spacial score (nSPS) is 8.00. The maximum atomic E-state index is 8.00. The third kappa shape index (κ3) is 4.75. The van der Waals surface area contributed by atoms with Gasteiger partial charge in [0.25, 0.3) is 0 Å². The van der Waals surface area contributed by atoms with E-state index >= 15 is 0 Å². The van der Waals surface area contributed by atoms with Gasteiger partial charge in [-0.3, -0.25) is 0 Å². The van der Waals surface area contributed by atoms with E-state index in [-0.39, 0.29) is 0 Å². The molecule has 2 N–H and O–H groups in total. The Bertz CT molecular complexity index is 410. The highest BCUT2D eigenvalue weighted by Gasteiger charge is 1.94. The molecule has 0 aromatic heterocycles. The van der Waals surface area contributed by atoms with Crippen molar-refractivity contribution in [2.75, 3.05) is 5.73 Å². The molecule has 0 bridgehead atoms. The van der Waals surface area contributed by atoms with Crippen LogP contribution in [0, 0.1) is 0 Å². The van der Waals surface area contributed by atoms with Gasteiger partial charge in [-0.25, -0.2) is 0 Å². The summed E-state index contributed by atoms with van der Waals surface area (Å²) in [5.41, 5.74) is 8.84. The number of rotatable bonds is 1. The van der Waals surface area contributed by atoms with Crippen molar-refractivity contribution in [3.05, 3.63) is 54.6 Å². The lowest BCUT2D eigenvalue weighted by Gasteiger charge is -2.00. The number of anilines is 1. The first kappa shape index (κ1) is 14.6. The van der Waals surface area contributed by atoms with Crippen LogP contribution in [-0.4, -0.2) is 13.6 Å². The average Bonchev–Trinajstić information content (AvgIpc) is 2.45. The molecule has 2 rings (SSSR count). The standard InChI is InChI=1S/C12H11N.2CH2O/c13-12-8-6-11(7-9-12)10-4-2-1-3-5-10;2*1-2/h1-9H,13H2;2*1H2. The van der Waals surface area contributed by atoms with Crippen LogP contribution in [0.1, 0.15) is 0 Å². The second-order valence-electron chi connectivity index (χ2n) is 2.99. The minimum atomic E-state index is 0.805. The predicted molar refractivity (Wildman–Crippen MR) is 70.5 cm³/mol. The topological polar surface area (TPSA) is 60.2 Å². The molecule has 3 heteroatoms. The number of benzene rings is 2. The van der Waals surface area contributed by atoms with E-state index in [0.29, 0.717) is 0 Å². The van der Waals surface area contributed by atoms with Crippen LogP contribution in [0.15, 0.2) is 54.6 Å². The van der Waals surface area contributed by atoms with Crippen LogP contribution in [0.4, 0.5) is 5.69 Å². The molecule has 0 aliphatic rings. The van der Waals surface area contributed by atoms with Gasteiger partial charge in [0.15, 0.2) is 0 Å². The Kier molecular flexibility index (Phi) is 7.59. The van der Waals surface area contributed by atoms with Crippen molar-refractivity contribution in [2.24, 2.45) is 0 Å². The van der Waals surface area contributed by atoms with Crippen molar-refractivity contribution in [2.45, 2.75) is 0 Å².